The monoisotopic (exact) mass is 295 g/mol. The molecule has 1 atom stereocenters. The molecular weight excluding hydrogens is 281 g/mol. The average molecular weight is 296 g/mol. The zero-order valence-electron chi connectivity index (χ0n) is 10.8. The van der Waals surface area contributed by atoms with E-state index < -0.39 is 0 Å². The highest BCUT2D eigenvalue weighted by Gasteiger charge is 2.10. The van der Waals surface area contributed by atoms with Gasteiger partial charge < -0.3 is 5.32 Å². The molecule has 1 heterocycles. The Labute approximate surface area is 123 Å². The molecule has 0 spiro atoms. The van der Waals surface area contributed by atoms with Gasteiger partial charge in [0.1, 0.15) is 5.82 Å². The van der Waals surface area contributed by atoms with Gasteiger partial charge in [-0.1, -0.05) is 23.2 Å². The number of nitrogens with zero attached hydrogens (tertiary/aromatic N) is 2. The molecule has 0 saturated carbocycles. The van der Waals surface area contributed by atoms with Crippen molar-refractivity contribution < 1.29 is 0 Å². The van der Waals surface area contributed by atoms with Crippen LogP contribution < -0.4 is 5.32 Å². The average Bonchev–Trinajstić information content (AvgIpc) is 2.39. The Morgan fingerprint density at radius 2 is 2.05 bits per heavy atom. The Kier molecular flexibility index (Phi) is 4.75. The minimum atomic E-state index is 0.0986. The summed E-state index contributed by atoms with van der Waals surface area (Å²) in [6.07, 6.45) is 1.76. The number of hydrogen-bond acceptors (Lipinski definition) is 3. The van der Waals surface area contributed by atoms with Crippen molar-refractivity contribution in [1.29, 1.82) is 0 Å². The number of benzene rings is 1. The summed E-state index contributed by atoms with van der Waals surface area (Å²) in [6, 6.07) is 7.47. The Morgan fingerprint density at radius 1 is 1.26 bits per heavy atom. The van der Waals surface area contributed by atoms with Crippen LogP contribution in [0.5, 0.6) is 0 Å². The molecule has 3 nitrogen and oxygen atoms in total. The van der Waals surface area contributed by atoms with Crippen molar-refractivity contribution in [2.45, 2.75) is 26.4 Å². The topological polar surface area (TPSA) is 37.8 Å². The van der Waals surface area contributed by atoms with E-state index in [4.69, 9.17) is 23.2 Å². The second-order valence-corrected chi connectivity index (χ2v) is 5.21. The van der Waals surface area contributed by atoms with Gasteiger partial charge >= 0.3 is 0 Å². The van der Waals surface area contributed by atoms with E-state index in [-0.39, 0.29) is 6.04 Å². The first-order chi connectivity index (χ1) is 9.06. The van der Waals surface area contributed by atoms with Crippen molar-refractivity contribution in [2.24, 2.45) is 0 Å². The van der Waals surface area contributed by atoms with Gasteiger partial charge in [0.25, 0.3) is 0 Å². The maximum atomic E-state index is 6.17. The summed E-state index contributed by atoms with van der Waals surface area (Å²) in [7, 11) is 0. The highest BCUT2D eigenvalue weighted by atomic mass is 35.5. The smallest absolute Gasteiger partial charge is 0.125 e. The standard InChI is InChI=1S/C14H15Cl2N3/c1-9(13-7-11(15)3-4-14(13)16)18-8-12-5-6-17-10(2)19-12/h3-7,9,18H,8H2,1-2H3. The molecule has 1 N–H and O–H groups in total. The summed E-state index contributed by atoms with van der Waals surface area (Å²) in [4.78, 5) is 8.42. The van der Waals surface area contributed by atoms with E-state index in [1.165, 1.54) is 0 Å². The van der Waals surface area contributed by atoms with Crippen LogP contribution in [0, 0.1) is 6.92 Å². The summed E-state index contributed by atoms with van der Waals surface area (Å²) in [5.74, 6) is 0.771. The van der Waals surface area contributed by atoms with E-state index in [0.29, 0.717) is 16.6 Å². The highest BCUT2D eigenvalue weighted by molar-refractivity contribution is 6.33. The second kappa shape index (κ2) is 6.33. The van der Waals surface area contributed by atoms with Crippen LogP contribution in [-0.4, -0.2) is 9.97 Å². The van der Waals surface area contributed by atoms with Crippen LogP contribution in [0.4, 0.5) is 0 Å². The minimum Gasteiger partial charge on any atom is -0.305 e. The van der Waals surface area contributed by atoms with Gasteiger partial charge in [-0.15, -0.1) is 0 Å². The molecule has 0 aliphatic rings. The second-order valence-electron chi connectivity index (χ2n) is 4.36. The molecule has 1 unspecified atom stereocenters. The number of aromatic nitrogens is 2. The lowest BCUT2D eigenvalue weighted by Crippen LogP contribution is -2.19. The SMILES string of the molecule is Cc1nccc(CNC(C)c2cc(Cl)ccc2Cl)n1. The molecule has 0 amide bonds. The van der Waals surface area contributed by atoms with E-state index in [1.807, 2.05) is 32.0 Å². The lowest BCUT2D eigenvalue weighted by Gasteiger charge is -2.16. The van der Waals surface area contributed by atoms with Gasteiger partial charge in [0, 0.05) is 28.8 Å². The summed E-state index contributed by atoms with van der Waals surface area (Å²) >= 11 is 12.2. The third-order valence-corrected chi connectivity index (χ3v) is 3.43. The largest absolute Gasteiger partial charge is 0.305 e. The lowest BCUT2D eigenvalue weighted by atomic mass is 10.1. The molecule has 2 rings (SSSR count). The minimum absolute atomic E-state index is 0.0986. The van der Waals surface area contributed by atoms with Crippen LogP contribution in [0.15, 0.2) is 30.5 Å². The molecule has 0 fully saturated rings. The molecule has 19 heavy (non-hydrogen) atoms. The summed E-state index contributed by atoms with van der Waals surface area (Å²) < 4.78 is 0. The maximum absolute atomic E-state index is 6.17. The van der Waals surface area contributed by atoms with Crippen molar-refractivity contribution >= 4 is 23.2 Å². The van der Waals surface area contributed by atoms with Gasteiger partial charge in [-0.3, -0.25) is 0 Å². The molecule has 1 aromatic carbocycles. The molecule has 0 aliphatic carbocycles. The van der Waals surface area contributed by atoms with Crippen molar-refractivity contribution in [3.63, 3.8) is 0 Å². The Bertz CT molecular complexity index is 572. The molecule has 0 radical (unpaired) electrons. The number of rotatable bonds is 4. The first kappa shape index (κ1) is 14.3. The van der Waals surface area contributed by atoms with Crippen LogP contribution in [0.25, 0.3) is 0 Å². The first-order valence-corrected chi connectivity index (χ1v) is 6.78. The molecule has 0 bridgehead atoms. The summed E-state index contributed by atoms with van der Waals surface area (Å²) in [5.41, 5.74) is 1.94. The Morgan fingerprint density at radius 3 is 2.79 bits per heavy atom. The van der Waals surface area contributed by atoms with E-state index in [2.05, 4.69) is 15.3 Å². The molecule has 100 valence electrons. The predicted molar refractivity (Wildman–Crippen MR) is 78.5 cm³/mol. The van der Waals surface area contributed by atoms with Crippen LogP contribution in [0.1, 0.15) is 30.0 Å². The van der Waals surface area contributed by atoms with Crippen molar-refractivity contribution in [2.75, 3.05) is 0 Å². The van der Waals surface area contributed by atoms with Crippen LogP contribution in [0.2, 0.25) is 10.0 Å². The number of hydrogen-bond donors (Lipinski definition) is 1. The quantitative estimate of drug-likeness (QED) is 0.928. The summed E-state index contributed by atoms with van der Waals surface area (Å²) in [6.45, 7) is 4.58. The fourth-order valence-electron chi connectivity index (χ4n) is 1.82. The van der Waals surface area contributed by atoms with Crippen molar-refractivity contribution in [1.82, 2.24) is 15.3 Å². The molecular formula is C14H15Cl2N3. The van der Waals surface area contributed by atoms with Gasteiger partial charge in [0.15, 0.2) is 0 Å². The number of nitrogens with one attached hydrogen (secondary N) is 1. The fourth-order valence-corrected chi connectivity index (χ4v) is 2.28. The lowest BCUT2D eigenvalue weighted by molar-refractivity contribution is 0.566. The molecule has 2 aromatic rings. The molecule has 0 aliphatic heterocycles. The Balaban J connectivity index is 2.05. The van der Waals surface area contributed by atoms with Gasteiger partial charge in [-0.2, -0.15) is 0 Å². The van der Waals surface area contributed by atoms with E-state index in [1.54, 1.807) is 12.3 Å². The van der Waals surface area contributed by atoms with Crippen LogP contribution >= 0.6 is 23.2 Å². The zero-order valence-corrected chi connectivity index (χ0v) is 12.3. The van der Waals surface area contributed by atoms with Crippen molar-refractivity contribution in [3.05, 3.63) is 57.6 Å². The fraction of sp³-hybridized carbons (Fsp3) is 0.286. The van der Waals surface area contributed by atoms with E-state index >= 15 is 0 Å². The summed E-state index contributed by atoms with van der Waals surface area (Å²) in [5, 5.41) is 4.77. The van der Waals surface area contributed by atoms with Gasteiger partial charge in [-0.25, -0.2) is 9.97 Å². The van der Waals surface area contributed by atoms with Gasteiger partial charge in [-0.05, 0) is 43.7 Å². The third-order valence-electron chi connectivity index (χ3n) is 2.85. The third kappa shape index (κ3) is 3.90. The van der Waals surface area contributed by atoms with E-state index in [0.717, 1.165) is 17.1 Å². The highest BCUT2D eigenvalue weighted by Crippen LogP contribution is 2.26. The normalized spacial score (nSPS) is 12.4. The van der Waals surface area contributed by atoms with Crippen LogP contribution in [0.3, 0.4) is 0 Å². The van der Waals surface area contributed by atoms with Crippen LogP contribution in [-0.2, 0) is 6.54 Å². The molecule has 5 heteroatoms. The van der Waals surface area contributed by atoms with Gasteiger partial charge in [0.05, 0.1) is 5.69 Å². The van der Waals surface area contributed by atoms with E-state index in [9.17, 15) is 0 Å². The molecule has 1 aromatic heterocycles. The number of aryl methyl sites for hydroxylation is 1. The van der Waals surface area contributed by atoms with Crippen molar-refractivity contribution in [3.8, 4) is 0 Å². The van der Waals surface area contributed by atoms with Gasteiger partial charge in [0.2, 0.25) is 0 Å². The Hall–Kier alpha value is -1.16. The maximum Gasteiger partial charge on any atom is 0.125 e. The first-order valence-electron chi connectivity index (χ1n) is 6.03. The molecule has 0 saturated heterocycles. The zero-order chi connectivity index (χ0) is 13.8. The number of halogens is 2. The predicted octanol–water partition coefficient (Wildman–Crippen LogP) is 3.94.